The van der Waals surface area contributed by atoms with E-state index in [1.54, 1.807) is 0 Å². The fourth-order valence-electron chi connectivity index (χ4n) is 2.77. The van der Waals surface area contributed by atoms with E-state index in [1.807, 2.05) is 24.3 Å². The molecule has 0 saturated carbocycles. The summed E-state index contributed by atoms with van der Waals surface area (Å²) < 4.78 is 0.907. The van der Waals surface area contributed by atoms with Crippen LogP contribution in [-0.4, -0.2) is 30.3 Å². The van der Waals surface area contributed by atoms with Crippen molar-refractivity contribution in [2.75, 3.05) is 19.6 Å². The van der Waals surface area contributed by atoms with Crippen molar-refractivity contribution in [2.24, 2.45) is 5.92 Å². The number of rotatable bonds is 5. The van der Waals surface area contributed by atoms with Crippen molar-refractivity contribution in [3.8, 4) is 0 Å². The Hall–Kier alpha value is -0.670. The lowest BCUT2D eigenvalue weighted by Gasteiger charge is -2.32. The molecule has 1 atom stereocenters. The van der Waals surface area contributed by atoms with Crippen LogP contribution in [0.5, 0.6) is 0 Å². The van der Waals surface area contributed by atoms with Crippen LogP contribution < -0.4 is 0 Å². The molecule has 0 aromatic heterocycles. The van der Waals surface area contributed by atoms with Gasteiger partial charge < -0.3 is 4.90 Å². The number of benzene rings is 1. The summed E-state index contributed by atoms with van der Waals surface area (Å²) in [5.74, 6) is 1.07. The van der Waals surface area contributed by atoms with E-state index in [1.165, 1.54) is 25.8 Å². The Bertz CT molecular complexity index is 433. The van der Waals surface area contributed by atoms with E-state index in [0.717, 1.165) is 29.0 Å². The van der Waals surface area contributed by atoms with Crippen LogP contribution in [0.4, 0.5) is 0 Å². The number of Topliss-reactive ketones (excluding diaryl/α,β-unsaturated/α-hetero) is 1. The molecule has 2 nitrogen and oxygen atoms in total. The number of carbonyl (C=O) groups is 1. The SMILES string of the molecule is CCC1CCCN(CCC(=O)c2ccccc2Br)C1. The van der Waals surface area contributed by atoms with Crippen LogP contribution in [-0.2, 0) is 0 Å². The first-order chi connectivity index (χ1) is 9.20. The number of halogens is 1. The van der Waals surface area contributed by atoms with Crippen molar-refractivity contribution in [3.05, 3.63) is 34.3 Å². The molecule has 0 aliphatic carbocycles. The first-order valence-corrected chi connectivity index (χ1v) is 8.00. The fraction of sp³-hybridized carbons (Fsp3) is 0.562. The van der Waals surface area contributed by atoms with E-state index in [4.69, 9.17) is 0 Å². The molecular formula is C16H22BrNO. The number of piperidine rings is 1. The van der Waals surface area contributed by atoms with Gasteiger partial charge in [0.1, 0.15) is 0 Å². The Morgan fingerprint density at radius 3 is 2.95 bits per heavy atom. The maximum absolute atomic E-state index is 12.2. The molecule has 104 valence electrons. The number of nitrogens with zero attached hydrogens (tertiary/aromatic N) is 1. The van der Waals surface area contributed by atoms with Gasteiger partial charge in [0.05, 0.1) is 0 Å². The van der Waals surface area contributed by atoms with Crippen molar-refractivity contribution >= 4 is 21.7 Å². The molecule has 3 heteroatoms. The summed E-state index contributed by atoms with van der Waals surface area (Å²) in [6.45, 7) is 5.48. The van der Waals surface area contributed by atoms with Gasteiger partial charge in [-0.15, -0.1) is 0 Å². The number of likely N-dealkylation sites (tertiary alicyclic amines) is 1. The van der Waals surface area contributed by atoms with E-state index >= 15 is 0 Å². The number of hydrogen-bond acceptors (Lipinski definition) is 2. The smallest absolute Gasteiger partial charge is 0.165 e. The van der Waals surface area contributed by atoms with Crippen molar-refractivity contribution in [1.82, 2.24) is 4.90 Å². The molecule has 1 aromatic rings. The third kappa shape index (κ3) is 4.15. The Kier molecular flexibility index (Phi) is 5.59. The van der Waals surface area contributed by atoms with Crippen molar-refractivity contribution < 1.29 is 4.79 Å². The summed E-state index contributed by atoms with van der Waals surface area (Å²) in [6.07, 6.45) is 4.51. The predicted octanol–water partition coefficient (Wildman–Crippen LogP) is 4.14. The van der Waals surface area contributed by atoms with Gasteiger partial charge in [0.15, 0.2) is 5.78 Å². The standard InChI is InChI=1S/C16H22BrNO/c1-2-13-6-5-10-18(12-13)11-9-16(19)14-7-3-4-8-15(14)17/h3-4,7-8,13H,2,5-6,9-12H2,1H3. The third-order valence-electron chi connectivity index (χ3n) is 4.01. The van der Waals surface area contributed by atoms with Crippen LogP contribution in [0, 0.1) is 5.92 Å². The molecule has 1 aromatic carbocycles. The molecule has 0 amide bonds. The molecule has 0 spiro atoms. The lowest BCUT2D eigenvalue weighted by Crippen LogP contribution is -2.36. The average molecular weight is 324 g/mol. The molecule has 0 N–H and O–H groups in total. The highest BCUT2D eigenvalue weighted by Crippen LogP contribution is 2.21. The minimum absolute atomic E-state index is 0.242. The second kappa shape index (κ2) is 7.20. The molecule has 1 unspecified atom stereocenters. The van der Waals surface area contributed by atoms with Crippen LogP contribution in [0.15, 0.2) is 28.7 Å². The van der Waals surface area contributed by atoms with Crippen LogP contribution in [0.2, 0.25) is 0 Å². The van der Waals surface area contributed by atoms with E-state index < -0.39 is 0 Å². The zero-order chi connectivity index (χ0) is 13.7. The van der Waals surface area contributed by atoms with Gasteiger partial charge >= 0.3 is 0 Å². The van der Waals surface area contributed by atoms with Crippen LogP contribution in [0.25, 0.3) is 0 Å². The largest absolute Gasteiger partial charge is 0.303 e. The summed E-state index contributed by atoms with van der Waals surface area (Å²) in [5.41, 5.74) is 0.812. The normalized spacial score (nSPS) is 20.4. The molecule has 1 aliphatic rings. The van der Waals surface area contributed by atoms with Gasteiger partial charge in [0, 0.05) is 29.5 Å². The number of hydrogen-bond donors (Lipinski definition) is 0. The molecule has 1 heterocycles. The molecule has 1 fully saturated rings. The van der Waals surface area contributed by atoms with Gasteiger partial charge in [0.25, 0.3) is 0 Å². The highest BCUT2D eigenvalue weighted by molar-refractivity contribution is 9.10. The second-order valence-electron chi connectivity index (χ2n) is 5.37. The van der Waals surface area contributed by atoms with Crippen LogP contribution in [0.3, 0.4) is 0 Å². The average Bonchev–Trinajstić information content (AvgIpc) is 2.45. The minimum atomic E-state index is 0.242. The maximum Gasteiger partial charge on any atom is 0.165 e. The molecule has 1 saturated heterocycles. The Morgan fingerprint density at radius 1 is 1.42 bits per heavy atom. The summed E-state index contributed by atoms with van der Waals surface area (Å²) in [4.78, 5) is 14.7. The van der Waals surface area contributed by atoms with Crippen molar-refractivity contribution in [1.29, 1.82) is 0 Å². The first kappa shape index (κ1) is 14.7. The van der Waals surface area contributed by atoms with Crippen LogP contribution in [0.1, 0.15) is 43.0 Å². The van der Waals surface area contributed by atoms with Gasteiger partial charge in [-0.2, -0.15) is 0 Å². The van der Waals surface area contributed by atoms with E-state index in [0.29, 0.717) is 6.42 Å². The summed E-state index contributed by atoms with van der Waals surface area (Å²) in [5, 5.41) is 0. The van der Waals surface area contributed by atoms with Gasteiger partial charge in [-0.1, -0.05) is 47.5 Å². The summed E-state index contributed by atoms with van der Waals surface area (Å²) in [6, 6.07) is 7.70. The van der Waals surface area contributed by atoms with Gasteiger partial charge in [-0.25, -0.2) is 0 Å². The van der Waals surface area contributed by atoms with Crippen molar-refractivity contribution in [3.63, 3.8) is 0 Å². The van der Waals surface area contributed by atoms with Gasteiger partial charge in [-0.3, -0.25) is 4.79 Å². The highest BCUT2D eigenvalue weighted by Gasteiger charge is 2.19. The van der Waals surface area contributed by atoms with E-state index in [-0.39, 0.29) is 5.78 Å². The second-order valence-corrected chi connectivity index (χ2v) is 6.22. The lowest BCUT2D eigenvalue weighted by molar-refractivity contribution is 0.0945. The fourth-order valence-corrected chi connectivity index (χ4v) is 3.28. The highest BCUT2D eigenvalue weighted by atomic mass is 79.9. The molecule has 2 rings (SSSR count). The first-order valence-electron chi connectivity index (χ1n) is 7.20. The molecule has 0 radical (unpaired) electrons. The molecule has 19 heavy (non-hydrogen) atoms. The summed E-state index contributed by atoms with van der Waals surface area (Å²) in [7, 11) is 0. The quantitative estimate of drug-likeness (QED) is 0.759. The summed E-state index contributed by atoms with van der Waals surface area (Å²) >= 11 is 3.45. The molecule has 1 aliphatic heterocycles. The monoisotopic (exact) mass is 323 g/mol. The van der Waals surface area contributed by atoms with Crippen molar-refractivity contribution in [2.45, 2.75) is 32.6 Å². The Morgan fingerprint density at radius 2 is 2.21 bits per heavy atom. The topological polar surface area (TPSA) is 20.3 Å². The number of ketones is 1. The van der Waals surface area contributed by atoms with Crippen LogP contribution >= 0.6 is 15.9 Å². The van der Waals surface area contributed by atoms with E-state index in [9.17, 15) is 4.79 Å². The van der Waals surface area contributed by atoms with Gasteiger partial charge in [-0.05, 0) is 31.4 Å². The molecular weight excluding hydrogens is 302 g/mol. The number of carbonyl (C=O) groups excluding carboxylic acids is 1. The zero-order valence-corrected chi connectivity index (χ0v) is 13.2. The Balaban J connectivity index is 1.85. The maximum atomic E-state index is 12.2. The predicted molar refractivity (Wildman–Crippen MR) is 82.5 cm³/mol. The molecule has 0 bridgehead atoms. The Labute approximate surface area is 124 Å². The minimum Gasteiger partial charge on any atom is -0.303 e. The van der Waals surface area contributed by atoms with Gasteiger partial charge in [0.2, 0.25) is 0 Å². The zero-order valence-electron chi connectivity index (χ0n) is 11.6. The third-order valence-corrected chi connectivity index (χ3v) is 4.70. The van der Waals surface area contributed by atoms with E-state index in [2.05, 4.69) is 27.8 Å². The lowest BCUT2D eigenvalue weighted by atomic mass is 9.95.